The van der Waals surface area contributed by atoms with E-state index in [1.54, 1.807) is 0 Å². The molecule has 2 aliphatic rings. The number of nitrogens with zero attached hydrogens (tertiary/aromatic N) is 3. The summed E-state index contributed by atoms with van der Waals surface area (Å²) in [6, 6.07) is 14.2. The first-order valence-corrected chi connectivity index (χ1v) is 12.5. The molecule has 0 unspecified atom stereocenters. The van der Waals surface area contributed by atoms with Crippen LogP contribution < -0.4 is 14.9 Å². The summed E-state index contributed by atoms with van der Waals surface area (Å²) in [4.78, 5) is 2.34. The Hall–Kier alpha value is -2.71. The number of morpholine rings is 1. The lowest BCUT2D eigenvalue weighted by Crippen LogP contribution is -2.36. The van der Waals surface area contributed by atoms with Crippen LogP contribution in [0.4, 0.5) is 17.1 Å². The lowest BCUT2D eigenvalue weighted by Gasteiger charge is -2.29. The number of anilines is 3. The highest BCUT2D eigenvalue weighted by molar-refractivity contribution is 7.93. The largest absolute Gasteiger partial charge is 0.396 e. The Morgan fingerprint density at radius 3 is 2.35 bits per heavy atom. The number of nitrogen functional groups attached to an aromatic ring is 1. The van der Waals surface area contributed by atoms with Crippen molar-refractivity contribution in [1.29, 1.82) is 0 Å². The molecule has 164 valence electrons. The number of aryl methyl sites for hydroxylation is 1. The topological polar surface area (TPSA) is 80.8 Å². The zero-order chi connectivity index (χ0) is 21.6. The van der Waals surface area contributed by atoms with Crippen molar-refractivity contribution in [2.24, 2.45) is 0 Å². The molecule has 0 amide bonds. The first kappa shape index (κ1) is 20.2. The van der Waals surface area contributed by atoms with Crippen LogP contribution in [-0.4, -0.2) is 51.6 Å². The van der Waals surface area contributed by atoms with E-state index in [9.17, 15) is 8.42 Å². The second-order valence-electron chi connectivity index (χ2n) is 8.10. The van der Waals surface area contributed by atoms with E-state index in [4.69, 9.17) is 10.5 Å². The van der Waals surface area contributed by atoms with Gasteiger partial charge < -0.3 is 19.9 Å². The molecular weight excluding hydrogens is 412 g/mol. The number of aromatic nitrogens is 1. The van der Waals surface area contributed by atoms with Crippen molar-refractivity contribution < 1.29 is 13.2 Å². The molecule has 2 N–H and O–H groups in total. The van der Waals surface area contributed by atoms with Crippen molar-refractivity contribution >= 4 is 38.0 Å². The zero-order valence-electron chi connectivity index (χ0n) is 17.8. The van der Waals surface area contributed by atoms with Crippen molar-refractivity contribution in [3.63, 3.8) is 0 Å². The van der Waals surface area contributed by atoms with E-state index in [0.717, 1.165) is 60.7 Å². The van der Waals surface area contributed by atoms with Crippen molar-refractivity contribution in [3.05, 3.63) is 42.5 Å². The lowest BCUT2D eigenvalue weighted by atomic mass is 10.1. The minimum atomic E-state index is -3.18. The normalized spacial score (nSPS) is 18.7. The molecule has 2 fully saturated rings. The number of ether oxygens (including phenoxy) is 1. The third kappa shape index (κ3) is 3.43. The van der Waals surface area contributed by atoms with Gasteiger partial charge in [0.05, 0.1) is 41.6 Å². The number of nitrogens with two attached hydrogens (primary N) is 1. The molecule has 2 saturated heterocycles. The molecule has 8 heteroatoms. The number of rotatable bonds is 4. The molecule has 0 spiro atoms. The van der Waals surface area contributed by atoms with Gasteiger partial charge in [-0.25, -0.2) is 8.42 Å². The van der Waals surface area contributed by atoms with Crippen molar-refractivity contribution in [2.45, 2.75) is 19.9 Å². The van der Waals surface area contributed by atoms with Crippen LogP contribution in [0.25, 0.3) is 22.2 Å². The van der Waals surface area contributed by atoms with E-state index >= 15 is 0 Å². The Morgan fingerprint density at radius 1 is 1.00 bits per heavy atom. The fraction of sp³-hybridized carbons (Fsp3) is 0.391. The second-order valence-corrected chi connectivity index (χ2v) is 10.1. The quantitative estimate of drug-likeness (QED) is 0.673. The molecular formula is C23H28N4O3S. The Kier molecular flexibility index (Phi) is 5.06. The van der Waals surface area contributed by atoms with Gasteiger partial charge in [-0.3, -0.25) is 4.31 Å². The van der Waals surface area contributed by atoms with Gasteiger partial charge in [-0.1, -0.05) is 12.1 Å². The van der Waals surface area contributed by atoms with Crippen molar-refractivity contribution in [3.8, 4) is 11.3 Å². The van der Waals surface area contributed by atoms with Crippen molar-refractivity contribution in [1.82, 2.24) is 4.57 Å². The highest BCUT2D eigenvalue weighted by Crippen LogP contribution is 2.38. The number of hydrogen-bond donors (Lipinski definition) is 1. The van der Waals surface area contributed by atoms with Crippen LogP contribution >= 0.6 is 0 Å². The van der Waals surface area contributed by atoms with Crippen LogP contribution in [0.5, 0.6) is 0 Å². The predicted molar refractivity (Wildman–Crippen MR) is 126 cm³/mol. The molecule has 5 rings (SSSR count). The van der Waals surface area contributed by atoms with Crippen LogP contribution in [-0.2, 0) is 21.3 Å². The van der Waals surface area contributed by atoms with E-state index in [1.807, 2.05) is 24.3 Å². The number of sulfonamides is 1. The summed E-state index contributed by atoms with van der Waals surface area (Å²) in [5.41, 5.74) is 12.4. The van der Waals surface area contributed by atoms with Gasteiger partial charge in [-0.05, 0) is 43.7 Å². The number of fused-ring (bicyclic) bond motifs is 1. The molecule has 2 aliphatic heterocycles. The Balaban J connectivity index is 1.55. The van der Waals surface area contributed by atoms with Gasteiger partial charge in [0.25, 0.3) is 0 Å². The maximum atomic E-state index is 12.2. The van der Waals surface area contributed by atoms with E-state index < -0.39 is 10.0 Å². The summed E-state index contributed by atoms with van der Waals surface area (Å²) in [5.74, 6) is 0.219. The van der Waals surface area contributed by atoms with Gasteiger partial charge in [0, 0.05) is 42.8 Å². The molecule has 3 heterocycles. The molecule has 2 aromatic carbocycles. The third-order valence-electron chi connectivity index (χ3n) is 6.31. The molecule has 0 saturated carbocycles. The van der Waals surface area contributed by atoms with Gasteiger partial charge in [0.1, 0.15) is 0 Å². The summed E-state index contributed by atoms with van der Waals surface area (Å²) >= 11 is 0. The average molecular weight is 441 g/mol. The molecule has 0 bridgehead atoms. The minimum Gasteiger partial charge on any atom is -0.396 e. The predicted octanol–water partition coefficient (Wildman–Crippen LogP) is 3.29. The molecule has 7 nitrogen and oxygen atoms in total. The van der Waals surface area contributed by atoms with Gasteiger partial charge in [0.2, 0.25) is 10.0 Å². The highest BCUT2D eigenvalue weighted by atomic mass is 32.2. The first-order valence-electron chi connectivity index (χ1n) is 10.8. The first-order chi connectivity index (χ1) is 15.0. The Bertz CT molecular complexity index is 1210. The van der Waals surface area contributed by atoms with Crippen molar-refractivity contribution in [2.75, 3.05) is 53.5 Å². The fourth-order valence-corrected chi connectivity index (χ4v) is 6.30. The standard InChI is InChI=1S/C23H28N4O3S/c1-2-26-21-16-19(25-11-13-30-14-12-25)8-9-20(21)22(24)23(26)17-4-6-18(7-5-17)27-10-3-15-31(27,28)29/h4-9,16H,2-3,10-15,24H2,1H3. The molecule has 1 aromatic heterocycles. The smallest absolute Gasteiger partial charge is 0.235 e. The Labute approximate surface area is 183 Å². The summed E-state index contributed by atoms with van der Waals surface area (Å²) in [7, 11) is -3.18. The maximum Gasteiger partial charge on any atom is 0.235 e. The average Bonchev–Trinajstić information content (AvgIpc) is 3.29. The number of hydrogen-bond acceptors (Lipinski definition) is 5. The van der Waals surface area contributed by atoms with E-state index in [2.05, 4.69) is 34.6 Å². The molecule has 0 atom stereocenters. The minimum absolute atomic E-state index is 0.219. The molecule has 0 aliphatic carbocycles. The van der Waals surface area contributed by atoms with Gasteiger partial charge in [-0.2, -0.15) is 0 Å². The monoisotopic (exact) mass is 440 g/mol. The van der Waals surface area contributed by atoms with Crippen LogP contribution in [0, 0.1) is 0 Å². The van der Waals surface area contributed by atoms with Crippen LogP contribution in [0.15, 0.2) is 42.5 Å². The molecule has 3 aromatic rings. The third-order valence-corrected chi connectivity index (χ3v) is 8.18. The van der Waals surface area contributed by atoms with E-state index in [1.165, 1.54) is 9.99 Å². The molecule has 0 radical (unpaired) electrons. The number of benzene rings is 2. The molecule has 31 heavy (non-hydrogen) atoms. The van der Waals surface area contributed by atoms with Gasteiger partial charge in [-0.15, -0.1) is 0 Å². The van der Waals surface area contributed by atoms with Crippen LogP contribution in [0.3, 0.4) is 0 Å². The SMILES string of the molecule is CCn1c(-c2ccc(N3CCCS3(=O)=O)cc2)c(N)c2ccc(N3CCOCC3)cc21. The van der Waals surface area contributed by atoms with Gasteiger partial charge >= 0.3 is 0 Å². The van der Waals surface area contributed by atoms with Crippen LogP contribution in [0.1, 0.15) is 13.3 Å². The lowest BCUT2D eigenvalue weighted by molar-refractivity contribution is 0.122. The summed E-state index contributed by atoms with van der Waals surface area (Å²) < 4.78 is 33.7. The van der Waals surface area contributed by atoms with Crippen LogP contribution in [0.2, 0.25) is 0 Å². The van der Waals surface area contributed by atoms with E-state index in [0.29, 0.717) is 18.7 Å². The second kappa shape index (κ2) is 7.76. The summed E-state index contributed by atoms with van der Waals surface area (Å²) in [6.45, 7) is 6.73. The van der Waals surface area contributed by atoms with E-state index in [-0.39, 0.29) is 5.75 Å². The highest BCUT2D eigenvalue weighted by Gasteiger charge is 2.28. The Morgan fingerprint density at radius 2 is 1.71 bits per heavy atom. The zero-order valence-corrected chi connectivity index (χ0v) is 18.6. The summed E-state index contributed by atoms with van der Waals surface area (Å²) in [6.07, 6.45) is 0.673. The van der Waals surface area contributed by atoms with Gasteiger partial charge in [0.15, 0.2) is 0 Å². The summed E-state index contributed by atoms with van der Waals surface area (Å²) in [5, 5.41) is 1.04. The maximum absolute atomic E-state index is 12.2. The fourth-order valence-electron chi connectivity index (χ4n) is 4.74.